The van der Waals surface area contributed by atoms with Crippen LogP contribution in [0.3, 0.4) is 0 Å². The van der Waals surface area contributed by atoms with Crippen molar-refractivity contribution in [2.24, 2.45) is 5.73 Å². The third-order valence-electron chi connectivity index (χ3n) is 1.71. The van der Waals surface area contributed by atoms with Gasteiger partial charge in [0.1, 0.15) is 0 Å². The maximum Gasteiger partial charge on any atom is 0.167 e. The largest absolute Gasteiger partial charge is 0.356 e. The fourth-order valence-electron chi connectivity index (χ4n) is 1.21. The van der Waals surface area contributed by atoms with Crippen molar-refractivity contribution in [1.29, 1.82) is 0 Å². The molecule has 0 aromatic carbocycles. The van der Waals surface area contributed by atoms with Gasteiger partial charge in [0.25, 0.3) is 0 Å². The minimum absolute atomic E-state index is 0.0307. The molecule has 0 aliphatic rings. The first kappa shape index (κ1) is 11.2. The van der Waals surface area contributed by atoms with E-state index >= 15 is 0 Å². The van der Waals surface area contributed by atoms with Gasteiger partial charge >= 0.3 is 0 Å². The Morgan fingerprint density at radius 1 is 1.71 bits per heavy atom. The van der Waals surface area contributed by atoms with Crippen LogP contribution in [0.25, 0.3) is 0 Å². The van der Waals surface area contributed by atoms with E-state index in [-0.39, 0.29) is 11.9 Å². The Balaban J connectivity index is 2.84. The van der Waals surface area contributed by atoms with Gasteiger partial charge in [-0.15, -0.1) is 0 Å². The molecule has 14 heavy (non-hydrogen) atoms. The predicted molar refractivity (Wildman–Crippen MR) is 56.1 cm³/mol. The Bertz CT molecular complexity index is 317. The third kappa shape index (κ3) is 2.82. The van der Waals surface area contributed by atoms with Gasteiger partial charge in [-0.2, -0.15) is 0 Å². The minimum atomic E-state index is -0.430. The lowest BCUT2D eigenvalue weighted by Gasteiger charge is -2.20. The number of hydrogen-bond donors (Lipinski definition) is 1. The molecule has 1 aromatic rings. The number of likely N-dealkylation sites (N-methyl/N-ethyl adjacent to an activating group) is 1. The molecule has 2 N–H and O–H groups in total. The predicted octanol–water partition coefficient (Wildman–Crippen LogP) is 1.66. The second kappa shape index (κ2) is 4.57. The molecule has 1 atom stereocenters. The number of pyridine rings is 1. The molecule has 0 saturated heterocycles. The number of hydrogen-bond acceptors (Lipinski definition) is 3. The quantitative estimate of drug-likeness (QED) is 0.838. The van der Waals surface area contributed by atoms with E-state index in [1.165, 1.54) is 12.3 Å². The van der Waals surface area contributed by atoms with Crippen LogP contribution >= 0.6 is 11.6 Å². The summed E-state index contributed by atoms with van der Waals surface area (Å²) in [4.78, 5) is 5.56. The van der Waals surface area contributed by atoms with Crippen LogP contribution in [0.15, 0.2) is 12.3 Å². The number of nitrogens with zero attached hydrogens (tertiary/aromatic N) is 2. The lowest BCUT2D eigenvalue weighted by Crippen LogP contribution is -2.33. The standard InChI is InChI=1S/C9H13ClFN3/c1-6(12)5-14(2)9-8(11)3-7(10)4-13-9/h3-4,6H,5,12H2,1-2H3. The van der Waals surface area contributed by atoms with Crippen molar-refractivity contribution >= 4 is 17.4 Å². The molecule has 0 saturated carbocycles. The summed E-state index contributed by atoms with van der Waals surface area (Å²) in [5.41, 5.74) is 5.59. The SMILES string of the molecule is CC(N)CN(C)c1ncc(Cl)cc1F. The average Bonchev–Trinajstić information content (AvgIpc) is 2.01. The molecule has 78 valence electrons. The zero-order valence-electron chi connectivity index (χ0n) is 8.17. The summed E-state index contributed by atoms with van der Waals surface area (Å²) < 4.78 is 13.3. The first-order valence-electron chi connectivity index (χ1n) is 4.28. The Morgan fingerprint density at radius 3 is 2.86 bits per heavy atom. The van der Waals surface area contributed by atoms with E-state index in [2.05, 4.69) is 4.98 Å². The smallest absolute Gasteiger partial charge is 0.167 e. The van der Waals surface area contributed by atoms with Gasteiger partial charge in [-0.25, -0.2) is 9.37 Å². The Hall–Kier alpha value is -0.870. The Morgan fingerprint density at radius 2 is 2.36 bits per heavy atom. The molecule has 0 amide bonds. The average molecular weight is 218 g/mol. The molecule has 1 aromatic heterocycles. The van der Waals surface area contributed by atoms with Gasteiger partial charge in [0.2, 0.25) is 0 Å². The van der Waals surface area contributed by atoms with Gasteiger partial charge in [-0.1, -0.05) is 11.6 Å². The highest BCUT2D eigenvalue weighted by atomic mass is 35.5. The van der Waals surface area contributed by atoms with Crippen LogP contribution < -0.4 is 10.6 Å². The summed E-state index contributed by atoms with van der Waals surface area (Å²) in [6.45, 7) is 2.40. The molecule has 1 heterocycles. The van der Waals surface area contributed by atoms with Crippen molar-refractivity contribution in [3.8, 4) is 0 Å². The Labute approximate surface area is 87.7 Å². The first-order chi connectivity index (χ1) is 6.50. The first-order valence-corrected chi connectivity index (χ1v) is 4.66. The van der Waals surface area contributed by atoms with Crippen LogP contribution in [0.2, 0.25) is 5.02 Å². The zero-order valence-corrected chi connectivity index (χ0v) is 8.92. The molecule has 0 aliphatic carbocycles. The van der Waals surface area contributed by atoms with Crippen LogP contribution in [-0.4, -0.2) is 24.6 Å². The van der Waals surface area contributed by atoms with Gasteiger partial charge in [0.15, 0.2) is 11.6 Å². The lowest BCUT2D eigenvalue weighted by atomic mass is 10.3. The molecular weight excluding hydrogens is 205 g/mol. The molecule has 3 nitrogen and oxygen atoms in total. The zero-order chi connectivity index (χ0) is 10.7. The summed E-state index contributed by atoms with van der Waals surface area (Å²) in [7, 11) is 1.74. The van der Waals surface area contributed by atoms with E-state index in [0.717, 1.165) is 0 Å². The monoisotopic (exact) mass is 217 g/mol. The van der Waals surface area contributed by atoms with E-state index in [1.54, 1.807) is 11.9 Å². The maximum atomic E-state index is 13.3. The van der Waals surface area contributed by atoms with E-state index < -0.39 is 5.82 Å². The molecule has 0 aliphatic heterocycles. The number of aromatic nitrogens is 1. The summed E-state index contributed by atoms with van der Waals surface area (Å²) in [5.74, 6) is -0.160. The second-order valence-corrected chi connectivity index (χ2v) is 3.75. The molecular formula is C9H13ClFN3. The Kier molecular flexibility index (Phi) is 3.66. The number of rotatable bonds is 3. The lowest BCUT2D eigenvalue weighted by molar-refractivity contribution is 0.608. The maximum absolute atomic E-state index is 13.3. The molecule has 5 heteroatoms. The highest BCUT2D eigenvalue weighted by molar-refractivity contribution is 6.30. The van der Waals surface area contributed by atoms with Crippen molar-refractivity contribution in [3.05, 3.63) is 23.1 Å². The molecule has 1 unspecified atom stereocenters. The number of halogens is 2. The van der Waals surface area contributed by atoms with E-state index in [9.17, 15) is 4.39 Å². The van der Waals surface area contributed by atoms with E-state index in [0.29, 0.717) is 11.6 Å². The van der Waals surface area contributed by atoms with Crippen LogP contribution in [0.4, 0.5) is 10.2 Å². The molecule has 0 radical (unpaired) electrons. The van der Waals surface area contributed by atoms with Crippen molar-refractivity contribution in [2.75, 3.05) is 18.5 Å². The summed E-state index contributed by atoms with van der Waals surface area (Å²) >= 11 is 5.58. The van der Waals surface area contributed by atoms with Gasteiger partial charge in [0, 0.05) is 25.8 Å². The van der Waals surface area contributed by atoms with Crippen molar-refractivity contribution < 1.29 is 4.39 Å². The van der Waals surface area contributed by atoms with Crippen LogP contribution in [-0.2, 0) is 0 Å². The van der Waals surface area contributed by atoms with Gasteiger partial charge in [-0.05, 0) is 13.0 Å². The van der Waals surface area contributed by atoms with Gasteiger partial charge in [-0.3, -0.25) is 0 Å². The summed E-state index contributed by atoms with van der Waals surface area (Å²) in [6.07, 6.45) is 1.41. The van der Waals surface area contributed by atoms with Crippen LogP contribution in [0.5, 0.6) is 0 Å². The minimum Gasteiger partial charge on any atom is -0.356 e. The number of anilines is 1. The summed E-state index contributed by atoms with van der Waals surface area (Å²) in [5, 5.41) is 0.292. The van der Waals surface area contributed by atoms with Gasteiger partial charge in [0.05, 0.1) is 5.02 Å². The van der Waals surface area contributed by atoms with Crippen molar-refractivity contribution in [3.63, 3.8) is 0 Å². The second-order valence-electron chi connectivity index (χ2n) is 3.32. The normalized spacial score (nSPS) is 12.6. The van der Waals surface area contributed by atoms with Crippen molar-refractivity contribution in [2.45, 2.75) is 13.0 Å². The fourth-order valence-corrected chi connectivity index (χ4v) is 1.35. The van der Waals surface area contributed by atoms with E-state index in [4.69, 9.17) is 17.3 Å². The molecule has 1 rings (SSSR count). The molecule has 0 spiro atoms. The highest BCUT2D eigenvalue weighted by Crippen LogP contribution is 2.18. The van der Waals surface area contributed by atoms with Crippen LogP contribution in [0.1, 0.15) is 6.92 Å². The van der Waals surface area contributed by atoms with E-state index in [1.807, 2.05) is 6.92 Å². The third-order valence-corrected chi connectivity index (χ3v) is 1.92. The van der Waals surface area contributed by atoms with Crippen molar-refractivity contribution in [1.82, 2.24) is 4.98 Å². The highest BCUT2D eigenvalue weighted by Gasteiger charge is 2.10. The number of nitrogens with two attached hydrogens (primary N) is 1. The fraction of sp³-hybridized carbons (Fsp3) is 0.444. The topological polar surface area (TPSA) is 42.1 Å². The van der Waals surface area contributed by atoms with Crippen LogP contribution in [0, 0.1) is 5.82 Å². The summed E-state index contributed by atoms with van der Waals surface area (Å²) in [6, 6.07) is 1.21. The molecule has 0 fully saturated rings. The van der Waals surface area contributed by atoms with Gasteiger partial charge < -0.3 is 10.6 Å². The molecule has 0 bridgehead atoms.